The third-order valence-electron chi connectivity index (χ3n) is 3.01. The maximum absolute atomic E-state index is 5.36. The number of benzene rings is 1. The standard InChI is InChI=1S/C13H19N3S/c1-2-8-15-10-14-13(17)16(11-15)9-12-6-4-3-5-7-12/h3-7H,2,8-11H2,1H3,(H,14,17)/p+1. The second kappa shape index (κ2) is 5.98. The Kier molecular flexibility index (Phi) is 4.34. The molecule has 1 atom stereocenters. The van der Waals surface area contributed by atoms with Gasteiger partial charge < -0.3 is 10.2 Å². The fourth-order valence-corrected chi connectivity index (χ4v) is 2.36. The summed E-state index contributed by atoms with van der Waals surface area (Å²) in [6.45, 7) is 6.29. The third-order valence-corrected chi connectivity index (χ3v) is 3.41. The zero-order chi connectivity index (χ0) is 12.1. The van der Waals surface area contributed by atoms with Gasteiger partial charge in [-0.05, 0) is 24.2 Å². The lowest BCUT2D eigenvalue weighted by molar-refractivity contribution is -0.914. The summed E-state index contributed by atoms with van der Waals surface area (Å²) in [5.41, 5.74) is 1.31. The molecule has 1 heterocycles. The summed E-state index contributed by atoms with van der Waals surface area (Å²) in [6, 6.07) is 10.5. The molecule has 1 unspecified atom stereocenters. The molecule has 0 aromatic heterocycles. The minimum absolute atomic E-state index is 0.883. The predicted molar refractivity (Wildman–Crippen MR) is 73.6 cm³/mol. The van der Waals surface area contributed by atoms with Crippen LogP contribution in [0.5, 0.6) is 0 Å². The van der Waals surface area contributed by atoms with Crippen LogP contribution in [0, 0.1) is 0 Å². The number of quaternary nitrogens is 1. The molecule has 17 heavy (non-hydrogen) atoms. The van der Waals surface area contributed by atoms with Gasteiger partial charge in [-0.25, -0.2) is 0 Å². The van der Waals surface area contributed by atoms with E-state index in [1.165, 1.54) is 18.5 Å². The zero-order valence-electron chi connectivity index (χ0n) is 10.3. The largest absolute Gasteiger partial charge is 0.316 e. The van der Waals surface area contributed by atoms with E-state index < -0.39 is 0 Å². The Morgan fingerprint density at radius 2 is 2.12 bits per heavy atom. The van der Waals surface area contributed by atoms with E-state index >= 15 is 0 Å². The number of nitrogens with zero attached hydrogens (tertiary/aromatic N) is 1. The van der Waals surface area contributed by atoms with E-state index in [-0.39, 0.29) is 0 Å². The average Bonchev–Trinajstić information content (AvgIpc) is 2.35. The van der Waals surface area contributed by atoms with Crippen molar-refractivity contribution in [1.29, 1.82) is 0 Å². The summed E-state index contributed by atoms with van der Waals surface area (Å²) in [7, 11) is 0. The monoisotopic (exact) mass is 250 g/mol. The Labute approximate surface area is 108 Å². The van der Waals surface area contributed by atoms with Crippen LogP contribution in [0.1, 0.15) is 18.9 Å². The quantitative estimate of drug-likeness (QED) is 0.763. The fourth-order valence-electron chi connectivity index (χ4n) is 2.16. The maximum Gasteiger partial charge on any atom is 0.177 e. The predicted octanol–water partition coefficient (Wildman–Crippen LogP) is 0.587. The van der Waals surface area contributed by atoms with E-state index in [1.807, 2.05) is 6.07 Å². The first kappa shape index (κ1) is 12.3. The van der Waals surface area contributed by atoms with E-state index in [0.717, 1.165) is 25.0 Å². The molecule has 0 spiro atoms. The molecule has 1 aromatic carbocycles. The molecule has 1 fully saturated rings. The smallest absolute Gasteiger partial charge is 0.177 e. The Balaban J connectivity index is 1.96. The molecule has 0 radical (unpaired) electrons. The van der Waals surface area contributed by atoms with Crippen molar-refractivity contribution in [1.82, 2.24) is 10.2 Å². The second-order valence-corrected chi connectivity index (χ2v) is 4.89. The van der Waals surface area contributed by atoms with Crippen molar-refractivity contribution in [2.75, 3.05) is 19.9 Å². The van der Waals surface area contributed by atoms with Gasteiger partial charge in [0, 0.05) is 0 Å². The highest BCUT2D eigenvalue weighted by Gasteiger charge is 2.22. The third kappa shape index (κ3) is 3.41. The lowest BCUT2D eigenvalue weighted by Crippen LogP contribution is -3.17. The summed E-state index contributed by atoms with van der Waals surface area (Å²) in [6.07, 6.45) is 1.21. The summed E-state index contributed by atoms with van der Waals surface area (Å²) in [5.74, 6) is 0. The van der Waals surface area contributed by atoms with Crippen LogP contribution >= 0.6 is 12.2 Å². The van der Waals surface area contributed by atoms with Crippen molar-refractivity contribution >= 4 is 17.3 Å². The van der Waals surface area contributed by atoms with Crippen LogP contribution in [-0.4, -0.2) is 29.9 Å². The molecular weight excluding hydrogens is 230 g/mol. The van der Waals surface area contributed by atoms with Crippen LogP contribution < -0.4 is 10.2 Å². The number of hydrogen-bond acceptors (Lipinski definition) is 1. The average molecular weight is 250 g/mol. The minimum atomic E-state index is 0.883. The molecule has 2 rings (SSSR count). The Hall–Kier alpha value is -1.13. The van der Waals surface area contributed by atoms with Crippen molar-refractivity contribution in [2.45, 2.75) is 19.9 Å². The number of thiocarbonyl (C=S) groups is 1. The van der Waals surface area contributed by atoms with E-state index in [2.05, 4.69) is 41.4 Å². The topological polar surface area (TPSA) is 19.7 Å². The van der Waals surface area contributed by atoms with Crippen LogP contribution in [0.4, 0.5) is 0 Å². The van der Waals surface area contributed by atoms with E-state index in [9.17, 15) is 0 Å². The Morgan fingerprint density at radius 1 is 1.35 bits per heavy atom. The van der Waals surface area contributed by atoms with Crippen molar-refractivity contribution in [2.24, 2.45) is 0 Å². The van der Waals surface area contributed by atoms with Crippen molar-refractivity contribution < 1.29 is 4.90 Å². The lowest BCUT2D eigenvalue weighted by atomic mass is 10.2. The SMILES string of the molecule is CCC[NH+]1CNC(=S)N(Cc2ccccc2)C1. The number of nitrogens with one attached hydrogen (secondary N) is 2. The molecule has 1 aliphatic heterocycles. The van der Waals surface area contributed by atoms with Crippen LogP contribution in [-0.2, 0) is 6.54 Å². The lowest BCUT2D eigenvalue weighted by Gasteiger charge is -2.35. The highest BCUT2D eigenvalue weighted by atomic mass is 32.1. The molecule has 1 aromatic rings. The van der Waals surface area contributed by atoms with Gasteiger partial charge in [0.2, 0.25) is 0 Å². The first-order chi connectivity index (χ1) is 8.29. The van der Waals surface area contributed by atoms with Gasteiger partial charge in [-0.2, -0.15) is 0 Å². The number of rotatable bonds is 4. The van der Waals surface area contributed by atoms with Gasteiger partial charge >= 0.3 is 0 Å². The van der Waals surface area contributed by atoms with Gasteiger partial charge in [0.05, 0.1) is 13.1 Å². The van der Waals surface area contributed by atoms with Crippen molar-refractivity contribution in [3.05, 3.63) is 35.9 Å². The summed E-state index contributed by atoms with van der Waals surface area (Å²) >= 11 is 5.36. The van der Waals surface area contributed by atoms with E-state index in [4.69, 9.17) is 12.2 Å². The van der Waals surface area contributed by atoms with Gasteiger partial charge in [0.25, 0.3) is 0 Å². The van der Waals surface area contributed by atoms with Gasteiger partial charge in [-0.3, -0.25) is 4.90 Å². The molecule has 92 valence electrons. The first-order valence-corrected chi connectivity index (χ1v) is 6.60. The highest BCUT2D eigenvalue weighted by molar-refractivity contribution is 7.80. The van der Waals surface area contributed by atoms with Crippen LogP contribution in [0.15, 0.2) is 30.3 Å². The summed E-state index contributed by atoms with van der Waals surface area (Å²) in [5, 5.41) is 4.19. The molecule has 0 bridgehead atoms. The molecule has 2 N–H and O–H groups in total. The zero-order valence-corrected chi connectivity index (χ0v) is 11.1. The summed E-state index contributed by atoms with van der Waals surface area (Å²) in [4.78, 5) is 3.80. The maximum atomic E-state index is 5.36. The molecule has 3 nitrogen and oxygen atoms in total. The molecule has 1 saturated heterocycles. The van der Waals surface area contributed by atoms with E-state index in [0.29, 0.717) is 0 Å². The number of hydrogen-bond donors (Lipinski definition) is 2. The van der Waals surface area contributed by atoms with Crippen molar-refractivity contribution in [3.63, 3.8) is 0 Å². The minimum Gasteiger partial charge on any atom is -0.316 e. The fraction of sp³-hybridized carbons (Fsp3) is 0.462. The molecular formula is C13H20N3S+. The second-order valence-electron chi connectivity index (χ2n) is 4.50. The van der Waals surface area contributed by atoms with Crippen LogP contribution in [0.2, 0.25) is 0 Å². The van der Waals surface area contributed by atoms with Gasteiger partial charge in [-0.1, -0.05) is 37.3 Å². The van der Waals surface area contributed by atoms with Gasteiger partial charge in [0.1, 0.15) is 0 Å². The van der Waals surface area contributed by atoms with Gasteiger partial charge in [-0.15, -0.1) is 0 Å². The normalized spacial score (nSPS) is 20.2. The molecule has 0 saturated carbocycles. The van der Waals surface area contributed by atoms with Crippen LogP contribution in [0.25, 0.3) is 0 Å². The Morgan fingerprint density at radius 3 is 2.82 bits per heavy atom. The molecule has 4 heteroatoms. The molecule has 1 aliphatic rings. The summed E-state index contributed by atoms with van der Waals surface area (Å²) < 4.78 is 0. The van der Waals surface area contributed by atoms with Gasteiger partial charge in [0.15, 0.2) is 18.4 Å². The van der Waals surface area contributed by atoms with Crippen molar-refractivity contribution in [3.8, 4) is 0 Å². The van der Waals surface area contributed by atoms with Crippen LogP contribution in [0.3, 0.4) is 0 Å². The molecule has 0 aliphatic carbocycles. The van der Waals surface area contributed by atoms with E-state index in [1.54, 1.807) is 4.90 Å². The first-order valence-electron chi connectivity index (χ1n) is 6.20. The molecule has 0 amide bonds. The Bertz CT molecular complexity index is 366. The highest BCUT2D eigenvalue weighted by Crippen LogP contribution is 2.04.